The van der Waals surface area contributed by atoms with Crippen LogP contribution in [0.5, 0.6) is 0 Å². The number of unbranched alkanes of at least 4 members (excludes halogenated alkanes) is 1. The van der Waals surface area contributed by atoms with E-state index >= 15 is 0 Å². The lowest BCUT2D eigenvalue weighted by Crippen LogP contribution is -2.25. The summed E-state index contributed by atoms with van der Waals surface area (Å²) in [4.78, 5) is 16.3. The molecule has 7 nitrogen and oxygen atoms in total. The second-order valence-electron chi connectivity index (χ2n) is 4.18. The molecular weight excluding hydrogens is 268 g/mol. The van der Waals surface area contributed by atoms with E-state index in [1.54, 1.807) is 6.07 Å². The number of rotatable bonds is 6. The Bertz CT molecular complexity index is 717. The Morgan fingerprint density at radius 1 is 1.16 bits per heavy atom. The van der Waals surface area contributed by atoms with Crippen LogP contribution in [-0.4, -0.2) is 31.5 Å². The Hall–Kier alpha value is -1.64. The summed E-state index contributed by atoms with van der Waals surface area (Å²) in [5.74, 6) is 0. The molecule has 0 spiro atoms. The van der Waals surface area contributed by atoms with Crippen molar-refractivity contribution in [3.05, 3.63) is 28.7 Å². The Morgan fingerprint density at radius 3 is 2.63 bits per heavy atom. The van der Waals surface area contributed by atoms with Gasteiger partial charge in [0.05, 0.1) is 15.9 Å². The third-order valence-electron chi connectivity index (χ3n) is 2.72. The number of fused-ring (bicyclic) bond motifs is 1. The first-order valence-corrected chi connectivity index (χ1v) is 7.43. The summed E-state index contributed by atoms with van der Waals surface area (Å²) in [6, 6.07) is 4.44. The largest absolute Gasteiger partial charge is 0.330 e. The van der Waals surface area contributed by atoms with E-state index in [2.05, 4.69) is 14.7 Å². The van der Waals surface area contributed by atoms with E-state index in [1.807, 2.05) is 0 Å². The summed E-state index contributed by atoms with van der Waals surface area (Å²) < 4.78 is 26.5. The van der Waals surface area contributed by atoms with Crippen molar-refractivity contribution >= 4 is 21.1 Å². The zero-order chi connectivity index (χ0) is 13.9. The fourth-order valence-corrected chi connectivity index (χ4v) is 2.84. The molecule has 0 aliphatic carbocycles. The number of hydrogen-bond donors (Lipinski definition) is 4. The van der Waals surface area contributed by atoms with Crippen molar-refractivity contribution in [3.8, 4) is 0 Å². The monoisotopic (exact) mass is 284 g/mol. The summed E-state index contributed by atoms with van der Waals surface area (Å²) >= 11 is 0. The van der Waals surface area contributed by atoms with Crippen LogP contribution in [0.25, 0.3) is 11.0 Å². The predicted molar refractivity (Wildman–Crippen MR) is 72.4 cm³/mol. The topological polar surface area (TPSA) is 121 Å². The maximum Gasteiger partial charge on any atom is 0.323 e. The van der Waals surface area contributed by atoms with E-state index in [0.29, 0.717) is 30.5 Å². The molecule has 2 rings (SSSR count). The van der Waals surface area contributed by atoms with Gasteiger partial charge in [0.25, 0.3) is 0 Å². The van der Waals surface area contributed by atoms with E-state index in [4.69, 9.17) is 5.73 Å². The first-order chi connectivity index (χ1) is 9.03. The van der Waals surface area contributed by atoms with E-state index in [9.17, 15) is 13.2 Å². The molecule has 0 saturated heterocycles. The van der Waals surface area contributed by atoms with Crippen molar-refractivity contribution in [1.29, 1.82) is 0 Å². The summed E-state index contributed by atoms with van der Waals surface area (Å²) in [6.07, 6.45) is 1.46. The molecule has 5 N–H and O–H groups in total. The molecule has 0 atom stereocenters. The van der Waals surface area contributed by atoms with Crippen LogP contribution in [-0.2, 0) is 10.0 Å². The SMILES string of the molecule is NCCCCNS(=O)(=O)c1ccc2[nH]c(=O)[nH]c2c1. The van der Waals surface area contributed by atoms with E-state index in [1.165, 1.54) is 12.1 Å². The number of sulfonamides is 1. The number of nitrogens with one attached hydrogen (secondary N) is 3. The molecule has 0 bridgehead atoms. The van der Waals surface area contributed by atoms with Crippen LogP contribution in [0.3, 0.4) is 0 Å². The van der Waals surface area contributed by atoms with Gasteiger partial charge in [-0.25, -0.2) is 17.9 Å². The molecule has 8 heteroatoms. The molecule has 19 heavy (non-hydrogen) atoms. The molecule has 104 valence electrons. The van der Waals surface area contributed by atoms with Crippen molar-refractivity contribution in [2.24, 2.45) is 5.73 Å². The van der Waals surface area contributed by atoms with Crippen LogP contribution in [0.15, 0.2) is 27.9 Å². The highest BCUT2D eigenvalue weighted by molar-refractivity contribution is 7.89. The predicted octanol–water partition coefficient (Wildman–Crippen LogP) is -0.127. The van der Waals surface area contributed by atoms with Crippen molar-refractivity contribution in [2.75, 3.05) is 13.1 Å². The van der Waals surface area contributed by atoms with Gasteiger partial charge in [-0.3, -0.25) is 0 Å². The molecule has 0 radical (unpaired) electrons. The van der Waals surface area contributed by atoms with Gasteiger partial charge in [-0.05, 0) is 37.6 Å². The highest BCUT2D eigenvalue weighted by Crippen LogP contribution is 2.14. The Kier molecular flexibility index (Phi) is 4.03. The number of aromatic nitrogens is 2. The minimum Gasteiger partial charge on any atom is -0.330 e. The van der Waals surface area contributed by atoms with Crippen LogP contribution >= 0.6 is 0 Å². The molecule has 1 heterocycles. The maximum absolute atomic E-state index is 12.0. The number of nitrogens with two attached hydrogens (primary N) is 1. The van der Waals surface area contributed by atoms with E-state index in [0.717, 1.165) is 6.42 Å². The average Bonchev–Trinajstić information content (AvgIpc) is 2.73. The van der Waals surface area contributed by atoms with Gasteiger partial charge in [-0.15, -0.1) is 0 Å². The zero-order valence-corrected chi connectivity index (χ0v) is 11.1. The fraction of sp³-hybridized carbons (Fsp3) is 0.364. The van der Waals surface area contributed by atoms with Gasteiger partial charge in [0.1, 0.15) is 0 Å². The minimum atomic E-state index is -3.55. The zero-order valence-electron chi connectivity index (χ0n) is 10.3. The molecule has 0 aliphatic rings. The number of benzene rings is 1. The third-order valence-corrected chi connectivity index (χ3v) is 4.18. The van der Waals surface area contributed by atoms with Gasteiger partial charge < -0.3 is 15.7 Å². The van der Waals surface area contributed by atoms with Crippen molar-refractivity contribution in [1.82, 2.24) is 14.7 Å². The molecular formula is C11H16N4O3S. The van der Waals surface area contributed by atoms with Crippen LogP contribution < -0.4 is 16.1 Å². The maximum atomic E-state index is 12.0. The lowest BCUT2D eigenvalue weighted by Gasteiger charge is -2.06. The lowest BCUT2D eigenvalue weighted by atomic mass is 10.3. The number of hydrogen-bond acceptors (Lipinski definition) is 4. The van der Waals surface area contributed by atoms with Gasteiger partial charge in [0.2, 0.25) is 10.0 Å². The van der Waals surface area contributed by atoms with E-state index < -0.39 is 10.0 Å². The summed E-state index contributed by atoms with van der Waals surface area (Å²) in [5.41, 5.74) is 6.02. The first kappa shape index (κ1) is 13.8. The highest BCUT2D eigenvalue weighted by atomic mass is 32.2. The Labute approximate surface area is 110 Å². The van der Waals surface area contributed by atoms with Crippen LogP contribution in [0.4, 0.5) is 0 Å². The van der Waals surface area contributed by atoms with Crippen LogP contribution in [0, 0.1) is 0 Å². The third kappa shape index (κ3) is 3.22. The Balaban J connectivity index is 2.20. The summed E-state index contributed by atoms with van der Waals surface area (Å²) in [7, 11) is -3.55. The van der Waals surface area contributed by atoms with Crippen LogP contribution in [0.1, 0.15) is 12.8 Å². The molecule has 0 unspecified atom stereocenters. The molecule has 0 saturated carbocycles. The van der Waals surface area contributed by atoms with Crippen molar-refractivity contribution < 1.29 is 8.42 Å². The quantitative estimate of drug-likeness (QED) is 0.552. The van der Waals surface area contributed by atoms with Gasteiger partial charge in [0, 0.05) is 6.54 Å². The highest BCUT2D eigenvalue weighted by Gasteiger charge is 2.14. The summed E-state index contributed by atoms with van der Waals surface area (Å²) in [5, 5.41) is 0. The van der Waals surface area contributed by atoms with Gasteiger partial charge in [0.15, 0.2) is 0 Å². The lowest BCUT2D eigenvalue weighted by molar-refractivity contribution is 0.577. The molecule has 2 aromatic rings. The van der Waals surface area contributed by atoms with E-state index in [-0.39, 0.29) is 10.6 Å². The summed E-state index contributed by atoms with van der Waals surface area (Å²) in [6.45, 7) is 0.888. The fourth-order valence-electron chi connectivity index (χ4n) is 1.74. The second-order valence-corrected chi connectivity index (χ2v) is 5.95. The first-order valence-electron chi connectivity index (χ1n) is 5.95. The van der Waals surface area contributed by atoms with Gasteiger partial charge in [-0.2, -0.15) is 0 Å². The standard InChI is InChI=1S/C11H16N4O3S/c12-5-1-2-6-13-19(17,18)8-3-4-9-10(7-8)15-11(16)14-9/h3-4,7,13H,1-2,5-6,12H2,(H2,14,15,16). The number of aromatic amines is 2. The smallest absolute Gasteiger partial charge is 0.323 e. The molecule has 0 fully saturated rings. The Morgan fingerprint density at radius 2 is 1.89 bits per heavy atom. The molecule has 1 aromatic carbocycles. The number of imidazole rings is 1. The minimum absolute atomic E-state index is 0.128. The van der Waals surface area contributed by atoms with Crippen LogP contribution in [0.2, 0.25) is 0 Å². The van der Waals surface area contributed by atoms with Crippen molar-refractivity contribution in [2.45, 2.75) is 17.7 Å². The normalized spacial score (nSPS) is 12.1. The van der Waals surface area contributed by atoms with Gasteiger partial charge >= 0.3 is 5.69 Å². The molecule has 0 amide bonds. The molecule has 1 aromatic heterocycles. The number of H-pyrrole nitrogens is 2. The average molecular weight is 284 g/mol. The second kappa shape index (κ2) is 5.55. The van der Waals surface area contributed by atoms with Crippen molar-refractivity contribution in [3.63, 3.8) is 0 Å². The van der Waals surface area contributed by atoms with Gasteiger partial charge in [-0.1, -0.05) is 0 Å². The molecule has 0 aliphatic heterocycles.